The molecule has 0 radical (unpaired) electrons. The SMILES string of the molecule is C=C(C)C(=O)N(C)CCCCCCCCCCCCCCCCCCCCCCCCCCCCCC. The van der Waals surface area contributed by atoms with Crippen molar-refractivity contribution in [3.8, 4) is 0 Å². The monoisotopic (exact) mass is 520 g/mol. The highest BCUT2D eigenvalue weighted by molar-refractivity contribution is 5.91. The molecule has 0 aliphatic heterocycles. The van der Waals surface area contributed by atoms with Gasteiger partial charge in [-0.15, -0.1) is 0 Å². The number of hydrogen-bond donors (Lipinski definition) is 0. The molecule has 0 saturated heterocycles. The third-order valence-electron chi connectivity index (χ3n) is 8.06. The van der Waals surface area contributed by atoms with Crippen LogP contribution in [0, 0.1) is 0 Å². The van der Waals surface area contributed by atoms with E-state index in [0.717, 1.165) is 13.0 Å². The van der Waals surface area contributed by atoms with Crippen molar-refractivity contribution in [1.29, 1.82) is 0 Å². The van der Waals surface area contributed by atoms with E-state index in [1.165, 1.54) is 173 Å². The Bertz CT molecular complexity index is 486. The van der Waals surface area contributed by atoms with Crippen molar-refractivity contribution in [3.05, 3.63) is 12.2 Å². The van der Waals surface area contributed by atoms with Crippen molar-refractivity contribution in [2.75, 3.05) is 13.6 Å². The van der Waals surface area contributed by atoms with Crippen molar-refractivity contribution in [2.45, 2.75) is 194 Å². The summed E-state index contributed by atoms with van der Waals surface area (Å²) in [5.41, 5.74) is 0.641. The van der Waals surface area contributed by atoms with Crippen molar-refractivity contribution in [2.24, 2.45) is 0 Å². The van der Waals surface area contributed by atoms with Crippen LogP contribution in [0.2, 0.25) is 0 Å². The maximum Gasteiger partial charge on any atom is 0.248 e. The van der Waals surface area contributed by atoms with Crippen LogP contribution in [0.1, 0.15) is 194 Å². The van der Waals surface area contributed by atoms with E-state index in [1.807, 2.05) is 11.9 Å². The number of amides is 1. The number of carbonyl (C=O) groups excluding carboxylic acids is 1. The average Bonchev–Trinajstić information content (AvgIpc) is 2.89. The molecule has 2 nitrogen and oxygen atoms in total. The van der Waals surface area contributed by atoms with Crippen molar-refractivity contribution < 1.29 is 4.79 Å². The molecule has 2 heteroatoms. The number of hydrogen-bond acceptors (Lipinski definition) is 1. The van der Waals surface area contributed by atoms with E-state index in [2.05, 4.69) is 13.5 Å². The Morgan fingerprint density at radius 3 is 0.892 bits per heavy atom. The molecule has 0 aromatic rings. The van der Waals surface area contributed by atoms with E-state index in [4.69, 9.17) is 0 Å². The van der Waals surface area contributed by atoms with Crippen LogP contribution < -0.4 is 0 Å². The second-order valence-corrected chi connectivity index (χ2v) is 12.1. The molecule has 0 aliphatic rings. The topological polar surface area (TPSA) is 20.3 Å². The lowest BCUT2D eigenvalue weighted by Gasteiger charge is -2.16. The van der Waals surface area contributed by atoms with E-state index >= 15 is 0 Å². The molecule has 0 unspecified atom stereocenters. The van der Waals surface area contributed by atoms with Gasteiger partial charge in [0.1, 0.15) is 0 Å². The van der Waals surface area contributed by atoms with E-state index in [0.29, 0.717) is 5.57 Å². The zero-order valence-electron chi connectivity index (χ0n) is 26.1. The van der Waals surface area contributed by atoms with Gasteiger partial charge in [-0.3, -0.25) is 4.79 Å². The van der Waals surface area contributed by atoms with Gasteiger partial charge in [0.25, 0.3) is 0 Å². The van der Waals surface area contributed by atoms with Gasteiger partial charge in [0.15, 0.2) is 0 Å². The molecule has 0 bridgehead atoms. The number of unbranched alkanes of at least 4 members (excludes halogenated alkanes) is 27. The van der Waals surface area contributed by atoms with Crippen LogP contribution in [0.15, 0.2) is 12.2 Å². The molecule has 0 fully saturated rings. The summed E-state index contributed by atoms with van der Waals surface area (Å²) in [5.74, 6) is 0.0880. The number of likely N-dealkylation sites (N-methyl/N-ethyl adjacent to an activating group) is 1. The summed E-state index contributed by atoms with van der Waals surface area (Å²) >= 11 is 0. The van der Waals surface area contributed by atoms with Crippen LogP contribution >= 0.6 is 0 Å². The molecular formula is C35H69NO. The molecule has 0 rings (SSSR count). The minimum absolute atomic E-state index is 0.0880. The molecule has 0 N–H and O–H groups in total. The maximum absolute atomic E-state index is 11.8. The van der Waals surface area contributed by atoms with E-state index < -0.39 is 0 Å². The smallest absolute Gasteiger partial charge is 0.248 e. The minimum atomic E-state index is 0.0880. The summed E-state index contributed by atoms with van der Waals surface area (Å²) < 4.78 is 0. The first-order valence-corrected chi connectivity index (χ1v) is 17.0. The predicted molar refractivity (Wildman–Crippen MR) is 167 cm³/mol. The van der Waals surface area contributed by atoms with Gasteiger partial charge in [0, 0.05) is 19.2 Å². The summed E-state index contributed by atoms with van der Waals surface area (Å²) in [6.07, 6.45) is 40.0. The van der Waals surface area contributed by atoms with Crippen molar-refractivity contribution in [3.63, 3.8) is 0 Å². The summed E-state index contributed by atoms with van der Waals surface area (Å²) in [6.45, 7) is 8.69. The van der Waals surface area contributed by atoms with Crippen LogP contribution in [0.25, 0.3) is 0 Å². The first-order valence-electron chi connectivity index (χ1n) is 17.0. The highest BCUT2D eigenvalue weighted by Crippen LogP contribution is 2.16. The highest BCUT2D eigenvalue weighted by Gasteiger charge is 2.07. The van der Waals surface area contributed by atoms with Crippen molar-refractivity contribution in [1.82, 2.24) is 4.90 Å². The summed E-state index contributed by atoms with van der Waals surface area (Å²) in [5, 5.41) is 0. The van der Waals surface area contributed by atoms with Gasteiger partial charge >= 0.3 is 0 Å². The Balaban J connectivity index is 3.11. The summed E-state index contributed by atoms with van der Waals surface area (Å²) in [6, 6.07) is 0. The highest BCUT2D eigenvalue weighted by atomic mass is 16.2. The second-order valence-electron chi connectivity index (χ2n) is 12.1. The van der Waals surface area contributed by atoms with Crippen LogP contribution in [-0.2, 0) is 4.79 Å². The Morgan fingerprint density at radius 2 is 0.676 bits per heavy atom. The van der Waals surface area contributed by atoms with Crippen LogP contribution in [0.5, 0.6) is 0 Å². The zero-order valence-corrected chi connectivity index (χ0v) is 26.1. The lowest BCUT2D eigenvalue weighted by molar-refractivity contribution is -0.125. The van der Waals surface area contributed by atoms with Crippen LogP contribution in [-0.4, -0.2) is 24.4 Å². The molecular weight excluding hydrogens is 450 g/mol. The van der Waals surface area contributed by atoms with E-state index in [9.17, 15) is 4.79 Å². The lowest BCUT2D eigenvalue weighted by atomic mass is 10.0. The fourth-order valence-electron chi connectivity index (χ4n) is 5.45. The molecule has 0 aromatic carbocycles. The standard InChI is InChI=1S/C35H69NO/c1-5-6-7-8-9-10-11-12-13-14-15-16-17-18-19-20-21-22-23-24-25-26-27-28-29-30-31-32-33-36(4)35(37)34(2)3/h2,5-33H2,1,3-4H3. The Labute approximate surface area is 234 Å². The second kappa shape index (κ2) is 29.8. The van der Waals surface area contributed by atoms with E-state index in [-0.39, 0.29) is 5.91 Å². The van der Waals surface area contributed by atoms with Gasteiger partial charge < -0.3 is 4.90 Å². The Kier molecular flexibility index (Phi) is 29.1. The summed E-state index contributed by atoms with van der Waals surface area (Å²) in [7, 11) is 1.89. The number of rotatable bonds is 30. The maximum atomic E-state index is 11.8. The minimum Gasteiger partial charge on any atom is -0.342 e. The number of carbonyl (C=O) groups is 1. The largest absolute Gasteiger partial charge is 0.342 e. The molecule has 0 spiro atoms. The molecule has 1 amide bonds. The molecule has 0 saturated carbocycles. The Morgan fingerprint density at radius 1 is 0.459 bits per heavy atom. The molecule has 0 aliphatic carbocycles. The van der Waals surface area contributed by atoms with Crippen LogP contribution in [0.3, 0.4) is 0 Å². The fourth-order valence-corrected chi connectivity index (χ4v) is 5.45. The van der Waals surface area contributed by atoms with Gasteiger partial charge in [-0.25, -0.2) is 0 Å². The van der Waals surface area contributed by atoms with Gasteiger partial charge in [-0.2, -0.15) is 0 Å². The Hall–Kier alpha value is -0.790. The molecule has 0 heterocycles. The molecule has 0 atom stereocenters. The zero-order chi connectivity index (χ0) is 27.2. The van der Waals surface area contributed by atoms with Gasteiger partial charge in [0.2, 0.25) is 5.91 Å². The van der Waals surface area contributed by atoms with Gasteiger partial charge in [-0.05, 0) is 13.3 Å². The quantitative estimate of drug-likeness (QED) is 0.0682. The first kappa shape index (κ1) is 36.2. The first-order chi connectivity index (χ1) is 18.1. The third kappa shape index (κ3) is 28.0. The lowest BCUT2D eigenvalue weighted by Crippen LogP contribution is -2.27. The van der Waals surface area contributed by atoms with Crippen LogP contribution in [0.4, 0.5) is 0 Å². The summed E-state index contributed by atoms with van der Waals surface area (Å²) in [4.78, 5) is 13.6. The fraction of sp³-hybridized carbons (Fsp3) is 0.914. The third-order valence-corrected chi connectivity index (χ3v) is 8.06. The molecule has 0 aromatic heterocycles. The van der Waals surface area contributed by atoms with Crippen molar-refractivity contribution >= 4 is 5.91 Å². The molecule has 37 heavy (non-hydrogen) atoms. The normalized spacial score (nSPS) is 11.2. The average molecular weight is 520 g/mol. The van der Waals surface area contributed by atoms with Gasteiger partial charge in [0.05, 0.1) is 0 Å². The van der Waals surface area contributed by atoms with E-state index in [1.54, 1.807) is 6.92 Å². The number of nitrogens with zero attached hydrogens (tertiary/aromatic N) is 1. The van der Waals surface area contributed by atoms with Gasteiger partial charge in [-0.1, -0.05) is 187 Å². The predicted octanol–water partition coefficient (Wildman–Crippen LogP) is 12.0. The molecule has 220 valence electrons.